The van der Waals surface area contributed by atoms with Gasteiger partial charge in [-0.3, -0.25) is 0 Å². The van der Waals surface area contributed by atoms with Crippen molar-refractivity contribution < 1.29 is 8.42 Å². The van der Waals surface area contributed by atoms with Crippen molar-refractivity contribution in [2.45, 2.75) is 51.0 Å². The van der Waals surface area contributed by atoms with Gasteiger partial charge in [0.2, 0.25) is 10.0 Å². The molecule has 1 rings (SSSR count). The number of hydrogen-bond donors (Lipinski definition) is 1. The Kier molecular flexibility index (Phi) is 6.79. The molecule has 1 aromatic rings. The van der Waals surface area contributed by atoms with E-state index in [9.17, 15) is 8.42 Å². The summed E-state index contributed by atoms with van der Waals surface area (Å²) in [6, 6.07) is 4.47. The molecule has 1 N–H and O–H groups in total. The van der Waals surface area contributed by atoms with Crippen molar-refractivity contribution in [3.63, 3.8) is 0 Å². The molecular weight excluding hydrogens is 317 g/mol. The zero-order valence-electron chi connectivity index (χ0n) is 12.0. The third-order valence-electron chi connectivity index (χ3n) is 2.98. The minimum atomic E-state index is -3.63. The van der Waals surface area contributed by atoms with Gasteiger partial charge in [-0.1, -0.05) is 56.0 Å². The summed E-state index contributed by atoms with van der Waals surface area (Å²) in [6.45, 7) is 6.16. The van der Waals surface area contributed by atoms with E-state index in [0.29, 0.717) is 5.92 Å². The Morgan fingerprint density at radius 2 is 1.80 bits per heavy atom. The molecule has 0 aliphatic heterocycles. The fraction of sp³-hybridized carbons (Fsp3) is 0.571. The normalized spacial score (nSPS) is 13.7. The molecule has 0 fully saturated rings. The van der Waals surface area contributed by atoms with Crippen LogP contribution in [0.25, 0.3) is 0 Å². The molecule has 6 heteroatoms. The number of hydrogen-bond acceptors (Lipinski definition) is 2. The first-order valence-electron chi connectivity index (χ1n) is 6.70. The highest BCUT2D eigenvalue weighted by Gasteiger charge is 2.21. The quantitative estimate of drug-likeness (QED) is 0.796. The van der Waals surface area contributed by atoms with Crippen molar-refractivity contribution >= 4 is 33.2 Å². The van der Waals surface area contributed by atoms with Gasteiger partial charge in [0.25, 0.3) is 0 Å². The van der Waals surface area contributed by atoms with Crippen LogP contribution in [0.2, 0.25) is 10.0 Å². The van der Waals surface area contributed by atoms with Crippen molar-refractivity contribution in [2.24, 2.45) is 5.92 Å². The Morgan fingerprint density at radius 3 is 2.40 bits per heavy atom. The third kappa shape index (κ3) is 5.24. The van der Waals surface area contributed by atoms with Crippen LogP contribution < -0.4 is 4.72 Å². The number of halogens is 2. The Hall–Kier alpha value is -0.290. The highest BCUT2D eigenvalue weighted by Crippen LogP contribution is 2.29. The lowest BCUT2D eigenvalue weighted by Gasteiger charge is -2.15. The predicted molar refractivity (Wildman–Crippen MR) is 84.9 cm³/mol. The van der Waals surface area contributed by atoms with Crippen LogP contribution in [-0.4, -0.2) is 14.5 Å². The third-order valence-corrected chi connectivity index (χ3v) is 5.54. The first kappa shape index (κ1) is 17.8. The van der Waals surface area contributed by atoms with Crippen molar-refractivity contribution in [2.75, 3.05) is 0 Å². The second-order valence-electron chi connectivity index (χ2n) is 5.40. The first-order chi connectivity index (χ1) is 9.24. The second-order valence-corrected chi connectivity index (χ2v) is 7.87. The average molecular weight is 338 g/mol. The Bertz CT molecular complexity index is 544. The maximum absolute atomic E-state index is 12.3. The lowest BCUT2D eigenvalue weighted by Crippen LogP contribution is -2.32. The van der Waals surface area contributed by atoms with Crippen LogP contribution in [0.3, 0.4) is 0 Å². The van der Waals surface area contributed by atoms with E-state index < -0.39 is 10.0 Å². The van der Waals surface area contributed by atoms with E-state index in [-0.39, 0.29) is 21.0 Å². The van der Waals surface area contributed by atoms with Crippen LogP contribution in [0.5, 0.6) is 0 Å². The van der Waals surface area contributed by atoms with Gasteiger partial charge in [-0.2, -0.15) is 0 Å². The zero-order chi connectivity index (χ0) is 15.3. The molecule has 0 aromatic heterocycles. The molecular formula is C14H21Cl2NO2S. The summed E-state index contributed by atoms with van der Waals surface area (Å²) in [5, 5.41) is 0.304. The van der Waals surface area contributed by atoms with Crippen LogP contribution in [0.4, 0.5) is 0 Å². The average Bonchev–Trinajstić information content (AvgIpc) is 2.31. The van der Waals surface area contributed by atoms with E-state index >= 15 is 0 Å². The SMILES string of the molecule is CC(C)CCCC(C)NS(=O)(=O)c1cccc(Cl)c1Cl. The minimum absolute atomic E-state index is 0.0300. The largest absolute Gasteiger partial charge is 0.242 e. The van der Waals surface area contributed by atoms with E-state index in [1.165, 1.54) is 6.07 Å². The Balaban J connectivity index is 2.72. The van der Waals surface area contributed by atoms with Crippen LogP contribution >= 0.6 is 23.2 Å². The Labute approximate surface area is 131 Å². The number of nitrogens with one attached hydrogen (secondary N) is 1. The summed E-state index contributed by atoms with van der Waals surface area (Å²) >= 11 is 11.8. The highest BCUT2D eigenvalue weighted by molar-refractivity contribution is 7.89. The summed E-state index contributed by atoms with van der Waals surface area (Å²) in [4.78, 5) is 0.0300. The van der Waals surface area contributed by atoms with E-state index in [4.69, 9.17) is 23.2 Å². The monoisotopic (exact) mass is 337 g/mol. The summed E-state index contributed by atoms with van der Waals surface area (Å²) in [5.41, 5.74) is 0. The van der Waals surface area contributed by atoms with Gasteiger partial charge in [-0.15, -0.1) is 0 Å². The van der Waals surface area contributed by atoms with Gasteiger partial charge in [0.05, 0.1) is 10.0 Å². The standard InChI is InChI=1S/C14H21Cl2NO2S/c1-10(2)6-4-7-11(3)17-20(18,19)13-9-5-8-12(15)14(13)16/h5,8-11,17H,4,6-7H2,1-3H3. The van der Waals surface area contributed by atoms with Gasteiger partial charge in [-0.25, -0.2) is 13.1 Å². The summed E-state index contributed by atoms with van der Waals surface area (Å²) in [6.07, 6.45) is 2.88. The van der Waals surface area contributed by atoms with Crippen LogP contribution in [0.15, 0.2) is 23.1 Å². The van der Waals surface area contributed by atoms with Gasteiger partial charge >= 0.3 is 0 Å². The van der Waals surface area contributed by atoms with Gasteiger partial charge < -0.3 is 0 Å². The molecule has 114 valence electrons. The lowest BCUT2D eigenvalue weighted by atomic mass is 10.0. The number of rotatable bonds is 7. The van der Waals surface area contributed by atoms with E-state index in [2.05, 4.69) is 18.6 Å². The van der Waals surface area contributed by atoms with Crippen molar-refractivity contribution in [3.8, 4) is 0 Å². The molecule has 1 unspecified atom stereocenters. The minimum Gasteiger partial charge on any atom is -0.208 e. The maximum Gasteiger partial charge on any atom is 0.242 e. The van der Waals surface area contributed by atoms with Gasteiger partial charge in [0.1, 0.15) is 4.90 Å². The molecule has 0 bridgehead atoms. The molecule has 3 nitrogen and oxygen atoms in total. The molecule has 0 aliphatic carbocycles. The zero-order valence-corrected chi connectivity index (χ0v) is 14.3. The fourth-order valence-electron chi connectivity index (χ4n) is 1.91. The van der Waals surface area contributed by atoms with Crippen LogP contribution in [0.1, 0.15) is 40.0 Å². The van der Waals surface area contributed by atoms with Crippen molar-refractivity contribution in [1.29, 1.82) is 0 Å². The highest BCUT2D eigenvalue weighted by atomic mass is 35.5. The van der Waals surface area contributed by atoms with Crippen LogP contribution in [0, 0.1) is 5.92 Å². The van der Waals surface area contributed by atoms with Crippen LogP contribution in [-0.2, 0) is 10.0 Å². The fourth-order valence-corrected chi connectivity index (χ4v) is 3.95. The second kappa shape index (κ2) is 7.64. The van der Waals surface area contributed by atoms with Gasteiger partial charge in [-0.05, 0) is 31.4 Å². The topological polar surface area (TPSA) is 46.2 Å². The van der Waals surface area contributed by atoms with E-state index in [0.717, 1.165) is 19.3 Å². The van der Waals surface area contributed by atoms with E-state index in [1.807, 2.05) is 6.92 Å². The number of sulfonamides is 1. The summed E-state index contributed by atoms with van der Waals surface area (Å²) < 4.78 is 27.2. The van der Waals surface area contributed by atoms with Crippen molar-refractivity contribution in [1.82, 2.24) is 4.72 Å². The lowest BCUT2D eigenvalue weighted by molar-refractivity contribution is 0.488. The molecule has 1 atom stereocenters. The number of benzene rings is 1. The van der Waals surface area contributed by atoms with Gasteiger partial charge in [0.15, 0.2) is 0 Å². The molecule has 0 heterocycles. The molecule has 0 saturated heterocycles. The molecule has 0 radical (unpaired) electrons. The smallest absolute Gasteiger partial charge is 0.208 e. The van der Waals surface area contributed by atoms with Gasteiger partial charge in [0, 0.05) is 6.04 Å². The molecule has 0 aliphatic rings. The molecule has 0 saturated carbocycles. The molecule has 1 aromatic carbocycles. The summed E-state index contributed by atoms with van der Waals surface area (Å²) in [5.74, 6) is 0.626. The Morgan fingerprint density at radius 1 is 1.15 bits per heavy atom. The predicted octanol–water partition coefficient (Wildman–Crippen LogP) is 4.49. The maximum atomic E-state index is 12.3. The first-order valence-corrected chi connectivity index (χ1v) is 8.94. The van der Waals surface area contributed by atoms with E-state index in [1.54, 1.807) is 12.1 Å². The summed E-state index contributed by atoms with van der Waals surface area (Å²) in [7, 11) is -3.63. The van der Waals surface area contributed by atoms with Crippen molar-refractivity contribution in [3.05, 3.63) is 28.2 Å². The molecule has 0 spiro atoms. The molecule has 0 amide bonds. The molecule has 20 heavy (non-hydrogen) atoms.